The average Bonchev–Trinajstić information content (AvgIpc) is 2.16. The van der Waals surface area contributed by atoms with Gasteiger partial charge >= 0.3 is 0 Å². The average molecular weight is 341 g/mol. The molecule has 1 rings (SSSR count). The van der Waals surface area contributed by atoms with Crippen LogP contribution in [0.3, 0.4) is 0 Å². The van der Waals surface area contributed by atoms with Gasteiger partial charge in [0.2, 0.25) is 0 Å². The van der Waals surface area contributed by atoms with Crippen LogP contribution in [0, 0.1) is 0 Å². The van der Waals surface area contributed by atoms with Crippen LogP contribution in [-0.2, 0) is 4.79 Å². The molecule has 0 aliphatic carbocycles. The number of hydrogen-bond donors (Lipinski definition) is 0. The van der Waals surface area contributed by atoms with Gasteiger partial charge in [-0.15, -0.1) is 0 Å². The SMILES string of the molecule is O=C(/C=C/c1ccc(Cl)cc1Cl)CI. The third kappa shape index (κ3) is 3.59. The Bertz CT molecular complexity index is 374. The third-order valence-electron chi connectivity index (χ3n) is 1.54. The van der Waals surface area contributed by atoms with Crippen molar-refractivity contribution in [3.8, 4) is 0 Å². The maximum absolute atomic E-state index is 11.0. The van der Waals surface area contributed by atoms with Crippen molar-refractivity contribution in [1.82, 2.24) is 0 Å². The Kier molecular flexibility index (Phi) is 4.92. The lowest BCUT2D eigenvalue weighted by Gasteiger charge is -1.97. The summed E-state index contributed by atoms with van der Waals surface area (Å²) >= 11 is 13.7. The monoisotopic (exact) mass is 340 g/mol. The summed E-state index contributed by atoms with van der Waals surface area (Å²) in [6.07, 6.45) is 3.21. The highest BCUT2D eigenvalue weighted by Crippen LogP contribution is 2.21. The Morgan fingerprint density at radius 1 is 1.43 bits per heavy atom. The van der Waals surface area contributed by atoms with Gasteiger partial charge in [0.25, 0.3) is 0 Å². The van der Waals surface area contributed by atoms with Crippen molar-refractivity contribution in [3.63, 3.8) is 0 Å². The number of halogens is 3. The van der Waals surface area contributed by atoms with E-state index in [1.54, 1.807) is 24.3 Å². The van der Waals surface area contributed by atoms with Crippen molar-refractivity contribution in [2.45, 2.75) is 0 Å². The second-order valence-corrected chi connectivity index (χ2v) is 4.21. The lowest BCUT2D eigenvalue weighted by Crippen LogP contribution is -1.91. The molecule has 1 nitrogen and oxygen atoms in total. The van der Waals surface area contributed by atoms with Crippen LogP contribution in [0.4, 0.5) is 0 Å². The molecule has 0 aliphatic rings. The number of ketones is 1. The molecule has 0 amide bonds. The molecule has 14 heavy (non-hydrogen) atoms. The van der Waals surface area contributed by atoms with Crippen LogP contribution >= 0.6 is 45.8 Å². The highest BCUT2D eigenvalue weighted by Gasteiger charge is 1.98. The molecule has 0 bridgehead atoms. The van der Waals surface area contributed by atoms with Gasteiger partial charge in [-0.05, 0) is 29.8 Å². The molecule has 0 saturated heterocycles. The van der Waals surface area contributed by atoms with Crippen molar-refractivity contribution in [3.05, 3.63) is 39.9 Å². The largest absolute Gasteiger partial charge is 0.294 e. The van der Waals surface area contributed by atoms with Crippen LogP contribution in [0.1, 0.15) is 5.56 Å². The first-order chi connectivity index (χ1) is 6.63. The fourth-order valence-corrected chi connectivity index (χ4v) is 1.59. The zero-order chi connectivity index (χ0) is 10.6. The molecule has 0 unspecified atom stereocenters. The molecule has 0 heterocycles. The van der Waals surface area contributed by atoms with Gasteiger partial charge in [-0.25, -0.2) is 0 Å². The zero-order valence-corrected chi connectivity index (χ0v) is 10.8. The summed E-state index contributed by atoms with van der Waals surface area (Å²) in [5.74, 6) is 0.0663. The molecule has 0 N–H and O–H groups in total. The van der Waals surface area contributed by atoms with Crippen LogP contribution in [0.2, 0.25) is 10.0 Å². The van der Waals surface area contributed by atoms with Crippen molar-refractivity contribution >= 4 is 57.7 Å². The van der Waals surface area contributed by atoms with Crippen LogP contribution in [0.15, 0.2) is 24.3 Å². The van der Waals surface area contributed by atoms with Gasteiger partial charge in [0.1, 0.15) is 0 Å². The quantitative estimate of drug-likeness (QED) is 0.461. The highest BCUT2D eigenvalue weighted by molar-refractivity contribution is 14.1. The maximum Gasteiger partial charge on any atom is 0.165 e. The number of carbonyl (C=O) groups excluding carboxylic acids is 1. The van der Waals surface area contributed by atoms with Gasteiger partial charge < -0.3 is 0 Å². The fraction of sp³-hybridized carbons (Fsp3) is 0.100. The highest BCUT2D eigenvalue weighted by atomic mass is 127. The first kappa shape index (κ1) is 12.0. The van der Waals surface area contributed by atoms with E-state index in [9.17, 15) is 4.79 Å². The van der Waals surface area contributed by atoms with Crippen LogP contribution in [0.5, 0.6) is 0 Å². The summed E-state index contributed by atoms with van der Waals surface area (Å²) in [5.41, 5.74) is 0.800. The summed E-state index contributed by atoms with van der Waals surface area (Å²) < 4.78 is 0.472. The van der Waals surface area contributed by atoms with E-state index in [-0.39, 0.29) is 5.78 Å². The third-order valence-corrected chi connectivity index (χ3v) is 2.86. The summed E-state index contributed by atoms with van der Waals surface area (Å²) in [7, 11) is 0. The lowest BCUT2D eigenvalue weighted by atomic mass is 10.2. The van der Waals surface area contributed by atoms with Gasteiger partial charge in [-0.2, -0.15) is 0 Å². The van der Waals surface area contributed by atoms with Crippen molar-refractivity contribution < 1.29 is 4.79 Å². The minimum atomic E-state index is 0.0663. The maximum atomic E-state index is 11.0. The van der Waals surface area contributed by atoms with E-state index in [1.807, 2.05) is 22.6 Å². The molecule has 0 radical (unpaired) electrons. The molecule has 0 aliphatic heterocycles. The molecule has 0 aromatic heterocycles. The number of carbonyl (C=O) groups is 1. The topological polar surface area (TPSA) is 17.1 Å². The van der Waals surface area contributed by atoms with E-state index >= 15 is 0 Å². The second-order valence-electron chi connectivity index (χ2n) is 2.60. The van der Waals surface area contributed by atoms with E-state index in [4.69, 9.17) is 23.2 Å². The minimum Gasteiger partial charge on any atom is -0.294 e. The smallest absolute Gasteiger partial charge is 0.165 e. The van der Waals surface area contributed by atoms with Crippen LogP contribution < -0.4 is 0 Å². The molecule has 0 spiro atoms. The number of allylic oxidation sites excluding steroid dienone is 1. The Morgan fingerprint density at radius 3 is 2.71 bits per heavy atom. The van der Waals surface area contributed by atoms with Gasteiger partial charge in [-0.1, -0.05) is 51.9 Å². The van der Waals surface area contributed by atoms with Gasteiger partial charge in [0, 0.05) is 10.0 Å². The first-order valence-corrected chi connectivity index (χ1v) is 6.13. The number of rotatable bonds is 3. The molecule has 1 aromatic carbocycles. The normalized spacial score (nSPS) is 10.8. The molecule has 1 aromatic rings. The van der Waals surface area contributed by atoms with Gasteiger partial charge in [0.15, 0.2) is 5.78 Å². The van der Waals surface area contributed by atoms with E-state index in [0.717, 1.165) is 5.56 Å². The van der Waals surface area contributed by atoms with Crippen molar-refractivity contribution in [1.29, 1.82) is 0 Å². The summed E-state index contributed by atoms with van der Waals surface area (Å²) in [4.78, 5) is 11.0. The van der Waals surface area contributed by atoms with Crippen LogP contribution in [0.25, 0.3) is 6.08 Å². The van der Waals surface area contributed by atoms with E-state index in [2.05, 4.69) is 0 Å². The zero-order valence-electron chi connectivity index (χ0n) is 7.14. The molecule has 0 atom stereocenters. The first-order valence-electron chi connectivity index (χ1n) is 3.85. The Hall–Kier alpha value is -0.0600. The Labute approximate surface area is 106 Å². The summed E-state index contributed by atoms with van der Waals surface area (Å²) in [6.45, 7) is 0. The summed E-state index contributed by atoms with van der Waals surface area (Å²) in [6, 6.07) is 5.17. The number of alkyl halides is 1. The summed E-state index contributed by atoms with van der Waals surface area (Å²) in [5, 5.41) is 1.14. The Balaban J connectivity index is 2.87. The van der Waals surface area contributed by atoms with Gasteiger partial charge in [-0.3, -0.25) is 4.79 Å². The van der Waals surface area contributed by atoms with Crippen molar-refractivity contribution in [2.24, 2.45) is 0 Å². The van der Waals surface area contributed by atoms with Crippen molar-refractivity contribution in [2.75, 3.05) is 4.43 Å². The van der Waals surface area contributed by atoms with E-state index in [1.165, 1.54) is 6.08 Å². The molecule has 0 fully saturated rings. The predicted molar refractivity (Wildman–Crippen MR) is 69.4 cm³/mol. The molecule has 0 saturated carbocycles. The molecule has 4 heteroatoms. The lowest BCUT2D eigenvalue weighted by molar-refractivity contribution is -0.112. The minimum absolute atomic E-state index is 0.0663. The standard InChI is InChI=1S/C10H7Cl2IO/c11-8-3-1-7(10(12)5-8)2-4-9(14)6-13/h1-5H,6H2/b4-2+. The Morgan fingerprint density at radius 2 is 2.14 bits per heavy atom. The van der Waals surface area contributed by atoms with Crippen LogP contribution in [-0.4, -0.2) is 10.2 Å². The number of hydrogen-bond acceptors (Lipinski definition) is 1. The molecule has 74 valence electrons. The van der Waals surface area contributed by atoms with E-state index in [0.29, 0.717) is 14.5 Å². The van der Waals surface area contributed by atoms with E-state index < -0.39 is 0 Å². The molecular formula is C10H7Cl2IO. The second kappa shape index (κ2) is 5.73. The van der Waals surface area contributed by atoms with Gasteiger partial charge in [0.05, 0.1) is 4.43 Å². The molecular weight excluding hydrogens is 334 g/mol. The fourth-order valence-electron chi connectivity index (χ4n) is 0.864. The number of benzene rings is 1. The predicted octanol–water partition coefficient (Wildman–Crippen LogP) is 4.01.